The molecular weight excluding hydrogens is 1260 g/mol. The summed E-state index contributed by atoms with van der Waals surface area (Å²) in [5.41, 5.74) is 0. The van der Waals surface area contributed by atoms with Crippen LogP contribution in [0.2, 0.25) is 0 Å². The van der Waals surface area contributed by atoms with E-state index in [2.05, 4.69) is 14.8 Å². The van der Waals surface area contributed by atoms with Gasteiger partial charge < -0.3 is 143 Å². The number of hydrogen-bond donors (Lipinski definition) is 13. The molecule has 6 heterocycles. The van der Waals surface area contributed by atoms with E-state index in [0.29, 0.717) is 6.08 Å². The molecule has 0 aromatic heterocycles. The summed E-state index contributed by atoms with van der Waals surface area (Å²) in [6.07, 6.45) is -47.2. The molecule has 2 bridgehead atoms. The summed E-state index contributed by atoms with van der Waals surface area (Å²) >= 11 is 0. The van der Waals surface area contributed by atoms with Gasteiger partial charge in [-0.05, 0) is 12.5 Å². The van der Waals surface area contributed by atoms with E-state index in [0.717, 1.165) is 13.8 Å². The molecule has 44 heteroatoms. The Bertz CT molecular complexity index is 2590. The first-order chi connectivity index (χ1) is 38.2. The smallest absolute Gasteiger partial charge is 0.735 e. The molecule has 7 rings (SSSR count). The van der Waals surface area contributed by atoms with Gasteiger partial charge in [0.1, 0.15) is 115 Å². The van der Waals surface area contributed by atoms with Gasteiger partial charge in [0.05, 0.1) is 50.1 Å². The van der Waals surface area contributed by atoms with Gasteiger partial charge in [-0.25, -0.2) is 17.3 Å². The van der Waals surface area contributed by atoms with Crippen LogP contribution in [-0.2, 0) is 101 Å². The normalized spacial score (nSPS) is 42.3. The Morgan fingerprint density at radius 3 is 1.73 bits per heavy atom. The third-order valence-corrected chi connectivity index (χ3v) is 15.3. The number of ether oxygens (including phenoxy) is 11. The Hall–Kier alpha value is -0.130. The Labute approximate surface area is 576 Å². The number of fused-ring (bicyclic) bond motifs is 2. The maximum Gasteiger partial charge on any atom is 1.00 e. The Morgan fingerprint density at radius 1 is 0.628 bits per heavy atom. The van der Waals surface area contributed by atoms with Crippen molar-refractivity contribution in [1.29, 1.82) is 0 Å². The van der Waals surface area contributed by atoms with E-state index in [-0.39, 0.29) is 125 Å². The van der Waals surface area contributed by atoms with Crippen LogP contribution >= 0.6 is 0 Å². The SMILES string of the molecule is CC(=O)N[C@H]1[C@@H](OC2C(C(=O)[O-])O[C@@H](OC3[C@H]4CO[C@H](O4)[C@H](NS(=O)(=O)[O-])[C@H]3O)[C@H](O)[C@H]2O)O[C@H](CO)[C@@H](O[C@@H]2CC(C(=O)[O-])[C@@H](O[C@H]3O[C@H](COS(=O)(=O)O)[C@@H](O[C@@H]4OC(C(=O)[O-])=C[C@H](O)[C@H]4O)[C@H](O)[C@H]3NC(C)=O)[C@H](O)[C@H]2O)[C@@H]1C.[Na+].[Na+].[Na+].[Na+]. The molecule has 1 aliphatic carbocycles. The molecule has 0 aromatic rings. The largest absolute Gasteiger partial charge is 1.00 e. The summed E-state index contributed by atoms with van der Waals surface area (Å²) in [5, 5.41) is 142. The number of carbonyl (C=O) groups is 5. The number of aliphatic hydroxyl groups is 9. The van der Waals surface area contributed by atoms with Crippen LogP contribution in [0.3, 0.4) is 0 Å². The Morgan fingerprint density at radius 2 is 1.17 bits per heavy atom. The van der Waals surface area contributed by atoms with Crippen LogP contribution in [0.5, 0.6) is 0 Å². The standard InChI is InChI=1S/C42H63N3O35S2.4Na/c1-9-19(43-10(2)47)39(79-33-27(55)28(56)42(80-34(33)37(61)62)78-31-17-7-69-38(74-17)21(25(31)53)45-81(63,64)65)73-16(6-46)29(9)71-14-4-12(35(57)58)30(26(54)23(14)51)76-40-20(44-11(3)48)24(52)32(18(75-40)8-70-82(66,67)68)77-41-22(50)13(49)5-15(72-41)36(59)60;;;;/h5,9,12-14,16-34,38-42,45-46,49-56H,4,6-8H2,1-3H3,(H,43,47)(H,44,48)(H,57,58)(H,59,60)(H,61,62)(H,63,64,65)(H,66,67,68);;;;/q;4*+1/p-4/t9-,12?,13+,14-,16-,17-,18-,19-,20-,21-,22-,23+,24-,25-,26-,27-,28-,29+,30-,31?,32-,33?,34?,38-,39-,40-,41+,42-;;;;/m1..../s1. The van der Waals surface area contributed by atoms with E-state index < -0.39 is 247 Å². The van der Waals surface area contributed by atoms with Crippen LogP contribution < -0.4 is 149 Å². The second-order valence-electron chi connectivity index (χ2n) is 19.9. The van der Waals surface area contributed by atoms with Crippen LogP contribution in [0, 0.1) is 11.8 Å². The summed E-state index contributed by atoms with van der Waals surface area (Å²) in [5.74, 6) is -12.4. The fourth-order valence-electron chi connectivity index (χ4n) is 10.5. The molecule has 86 heavy (non-hydrogen) atoms. The van der Waals surface area contributed by atoms with Crippen molar-refractivity contribution >= 4 is 50.4 Å². The zero-order valence-corrected chi connectivity index (χ0v) is 56.2. The molecule has 2 amide bonds. The molecule has 5 saturated heterocycles. The van der Waals surface area contributed by atoms with E-state index in [1.165, 1.54) is 6.92 Å². The summed E-state index contributed by atoms with van der Waals surface area (Å²) in [6, 6.07) is -5.30. The summed E-state index contributed by atoms with van der Waals surface area (Å²) < 4.78 is 135. The minimum absolute atomic E-state index is 0. The van der Waals surface area contributed by atoms with Crippen LogP contribution in [0.1, 0.15) is 27.2 Å². The van der Waals surface area contributed by atoms with Gasteiger partial charge >= 0.3 is 129 Å². The number of aliphatic carboxylic acids is 3. The number of nitrogens with one attached hydrogen (secondary N) is 3. The van der Waals surface area contributed by atoms with Crippen molar-refractivity contribution in [3.8, 4) is 0 Å². The number of carboxylic acids is 3. The zero-order chi connectivity index (χ0) is 60.8. The van der Waals surface area contributed by atoms with Crippen molar-refractivity contribution < 1.29 is 286 Å². The maximum absolute atomic E-state index is 12.9. The minimum Gasteiger partial charge on any atom is -0.735 e. The monoisotopic (exact) mass is 1320 g/mol. The topological polar surface area (TPSA) is 595 Å². The fourth-order valence-corrected chi connectivity index (χ4v) is 11.4. The van der Waals surface area contributed by atoms with Gasteiger partial charge in [-0.15, -0.1) is 0 Å². The third-order valence-electron chi connectivity index (χ3n) is 14.3. The molecule has 7 aliphatic rings. The molecule has 468 valence electrons. The van der Waals surface area contributed by atoms with E-state index in [4.69, 9.17) is 52.1 Å². The van der Waals surface area contributed by atoms with Gasteiger partial charge in [-0.2, -0.15) is 8.42 Å². The molecular formula is C42H59N3Na4O35S2. The Kier molecular flexibility index (Phi) is 31.0. The summed E-state index contributed by atoms with van der Waals surface area (Å²) in [6.45, 7) is 0.452. The number of amides is 2. The van der Waals surface area contributed by atoms with E-state index in [1.807, 2.05) is 0 Å². The molecule has 28 atom stereocenters. The number of hydrogen-bond acceptors (Lipinski definition) is 34. The van der Waals surface area contributed by atoms with Crippen LogP contribution in [0.4, 0.5) is 0 Å². The van der Waals surface area contributed by atoms with E-state index >= 15 is 0 Å². The predicted molar refractivity (Wildman–Crippen MR) is 238 cm³/mol. The number of rotatable bonds is 21. The zero-order valence-electron chi connectivity index (χ0n) is 46.6. The van der Waals surface area contributed by atoms with Crippen LogP contribution in [0.25, 0.3) is 0 Å². The molecule has 1 saturated carbocycles. The van der Waals surface area contributed by atoms with Gasteiger partial charge in [0.15, 0.2) is 35.5 Å². The average molecular weight is 1320 g/mol. The van der Waals surface area contributed by atoms with Gasteiger partial charge in [0.2, 0.25) is 18.1 Å². The second-order valence-corrected chi connectivity index (χ2v) is 22.2. The predicted octanol–water partition coefficient (Wildman–Crippen LogP) is -26.5. The molecule has 6 aliphatic heterocycles. The third kappa shape index (κ3) is 19.1. The second kappa shape index (κ2) is 33.3. The number of carbonyl (C=O) groups excluding carboxylic acids is 5. The first-order valence-electron chi connectivity index (χ1n) is 24.7. The average Bonchev–Trinajstić information content (AvgIpc) is 3.51. The number of aliphatic hydroxyl groups excluding tert-OH is 9. The number of carboxylic acid groups (broad SMARTS) is 3. The molecule has 0 aromatic carbocycles. The van der Waals surface area contributed by atoms with Gasteiger partial charge in [0.25, 0.3) is 0 Å². The van der Waals surface area contributed by atoms with Crippen molar-refractivity contribution in [3.63, 3.8) is 0 Å². The summed E-state index contributed by atoms with van der Waals surface area (Å²) in [4.78, 5) is 62.2. The first-order valence-corrected chi connectivity index (χ1v) is 27.4. The summed E-state index contributed by atoms with van der Waals surface area (Å²) in [7, 11) is -10.6. The van der Waals surface area contributed by atoms with Crippen molar-refractivity contribution in [2.24, 2.45) is 11.8 Å². The first kappa shape index (κ1) is 80.1. The quantitative estimate of drug-likeness (QED) is 0.0375. The van der Waals surface area contributed by atoms with E-state index in [1.54, 1.807) is 4.72 Å². The molecule has 0 radical (unpaired) electrons. The Balaban J connectivity index is 0.00000484. The van der Waals surface area contributed by atoms with Crippen molar-refractivity contribution in [2.75, 3.05) is 19.8 Å². The van der Waals surface area contributed by atoms with Gasteiger partial charge in [0, 0.05) is 31.7 Å². The molecule has 0 spiro atoms. The van der Waals surface area contributed by atoms with Gasteiger partial charge in [-0.1, -0.05) is 6.92 Å². The molecule has 4 unspecified atom stereocenters. The van der Waals surface area contributed by atoms with Crippen LogP contribution in [-0.4, -0.2) is 281 Å². The minimum atomic E-state index is -5.38. The fraction of sp³-hybridized carbons (Fsp3) is 0.833. The molecule has 38 nitrogen and oxygen atoms in total. The van der Waals surface area contributed by atoms with Gasteiger partial charge in [-0.3, -0.25) is 14.1 Å². The van der Waals surface area contributed by atoms with Crippen molar-refractivity contribution in [1.82, 2.24) is 15.4 Å². The van der Waals surface area contributed by atoms with Crippen molar-refractivity contribution in [2.45, 2.75) is 187 Å². The molecule has 6 fully saturated rings. The van der Waals surface area contributed by atoms with Crippen LogP contribution in [0.15, 0.2) is 11.8 Å². The van der Waals surface area contributed by atoms with E-state index in [9.17, 15) is 111 Å². The van der Waals surface area contributed by atoms with Crippen molar-refractivity contribution in [3.05, 3.63) is 11.8 Å². The molecule has 13 N–H and O–H groups in total. The maximum atomic E-state index is 12.9.